The van der Waals surface area contributed by atoms with E-state index in [0.717, 1.165) is 21.5 Å². The molecule has 4 heteroatoms. The molecule has 0 aliphatic rings. The maximum Gasteiger partial charge on any atom is 0.119 e. The largest absolute Gasteiger partial charge is 0.494 e. The second kappa shape index (κ2) is 6.97. The Bertz CT molecular complexity index is 635. The van der Waals surface area contributed by atoms with E-state index in [-0.39, 0.29) is 0 Å². The normalized spacial score (nSPS) is 9.85. The van der Waals surface area contributed by atoms with Crippen molar-refractivity contribution in [2.75, 3.05) is 11.9 Å². The molecule has 0 spiro atoms. The summed E-state index contributed by atoms with van der Waals surface area (Å²) in [7, 11) is 0. The zero-order valence-electron chi connectivity index (χ0n) is 11.2. The van der Waals surface area contributed by atoms with Crippen molar-refractivity contribution in [3.63, 3.8) is 0 Å². The number of nitrogens with one attached hydrogen (secondary N) is 1. The number of rotatable bonds is 5. The summed E-state index contributed by atoms with van der Waals surface area (Å²) in [5, 5.41) is 12.3. The van der Waals surface area contributed by atoms with Gasteiger partial charge in [0.25, 0.3) is 0 Å². The standard InChI is InChI=1S/C16H15BrN2O/c1-2-20-16-5-3-4-12(8-16)11-19-15-7-13(10-18)6-14(17)9-15/h3-9,19H,2,11H2,1H3. The molecule has 0 atom stereocenters. The molecule has 0 amide bonds. The molecule has 102 valence electrons. The molecular weight excluding hydrogens is 316 g/mol. The van der Waals surface area contributed by atoms with Crippen LogP contribution in [0.2, 0.25) is 0 Å². The second-order valence-electron chi connectivity index (χ2n) is 4.27. The molecule has 0 aliphatic heterocycles. The van der Waals surface area contributed by atoms with E-state index in [9.17, 15) is 0 Å². The molecular formula is C16H15BrN2O. The summed E-state index contributed by atoms with van der Waals surface area (Å²) < 4.78 is 6.37. The number of benzene rings is 2. The van der Waals surface area contributed by atoms with Crippen molar-refractivity contribution in [1.29, 1.82) is 5.26 Å². The van der Waals surface area contributed by atoms with Gasteiger partial charge in [0.1, 0.15) is 5.75 Å². The second-order valence-corrected chi connectivity index (χ2v) is 5.19. The molecule has 2 aromatic rings. The SMILES string of the molecule is CCOc1cccc(CNc2cc(Br)cc(C#N)c2)c1. The fourth-order valence-electron chi connectivity index (χ4n) is 1.87. The van der Waals surface area contributed by atoms with Crippen molar-refractivity contribution in [1.82, 2.24) is 0 Å². The van der Waals surface area contributed by atoms with Crippen LogP contribution in [0.25, 0.3) is 0 Å². The van der Waals surface area contributed by atoms with Crippen molar-refractivity contribution in [3.8, 4) is 11.8 Å². The Morgan fingerprint density at radius 3 is 2.85 bits per heavy atom. The van der Waals surface area contributed by atoms with Crippen LogP contribution in [0.15, 0.2) is 46.9 Å². The van der Waals surface area contributed by atoms with Crippen LogP contribution in [0.3, 0.4) is 0 Å². The van der Waals surface area contributed by atoms with E-state index < -0.39 is 0 Å². The Morgan fingerprint density at radius 2 is 2.10 bits per heavy atom. The first-order valence-electron chi connectivity index (χ1n) is 6.37. The van der Waals surface area contributed by atoms with E-state index in [2.05, 4.69) is 27.3 Å². The molecule has 0 unspecified atom stereocenters. The number of nitriles is 1. The van der Waals surface area contributed by atoms with Gasteiger partial charge in [0, 0.05) is 16.7 Å². The highest BCUT2D eigenvalue weighted by atomic mass is 79.9. The van der Waals surface area contributed by atoms with Crippen LogP contribution in [0.4, 0.5) is 5.69 Å². The molecule has 0 fully saturated rings. The van der Waals surface area contributed by atoms with Crippen molar-refractivity contribution >= 4 is 21.6 Å². The van der Waals surface area contributed by atoms with Gasteiger partial charge in [0.05, 0.1) is 18.2 Å². The summed E-state index contributed by atoms with van der Waals surface area (Å²) in [6.07, 6.45) is 0. The molecule has 0 aliphatic carbocycles. The van der Waals surface area contributed by atoms with Gasteiger partial charge in [-0.05, 0) is 42.8 Å². The molecule has 0 heterocycles. The Kier molecular flexibility index (Phi) is 5.03. The highest BCUT2D eigenvalue weighted by Crippen LogP contribution is 2.20. The zero-order valence-corrected chi connectivity index (χ0v) is 12.8. The van der Waals surface area contributed by atoms with Crippen LogP contribution in [-0.2, 0) is 6.54 Å². The van der Waals surface area contributed by atoms with Crippen molar-refractivity contribution in [2.24, 2.45) is 0 Å². The van der Waals surface area contributed by atoms with Crippen LogP contribution < -0.4 is 10.1 Å². The fourth-order valence-corrected chi connectivity index (χ4v) is 2.37. The quantitative estimate of drug-likeness (QED) is 0.887. The number of anilines is 1. The first kappa shape index (κ1) is 14.4. The first-order valence-corrected chi connectivity index (χ1v) is 7.17. The van der Waals surface area contributed by atoms with Crippen LogP contribution in [0, 0.1) is 11.3 Å². The predicted molar refractivity (Wildman–Crippen MR) is 83.8 cm³/mol. The van der Waals surface area contributed by atoms with E-state index >= 15 is 0 Å². The summed E-state index contributed by atoms with van der Waals surface area (Å²) in [5.74, 6) is 0.874. The van der Waals surface area contributed by atoms with Crippen molar-refractivity contribution in [3.05, 3.63) is 58.1 Å². The molecule has 3 nitrogen and oxygen atoms in total. The fraction of sp³-hybridized carbons (Fsp3) is 0.188. The minimum atomic E-state index is 0.630. The zero-order chi connectivity index (χ0) is 14.4. The van der Waals surface area contributed by atoms with Crippen molar-refractivity contribution < 1.29 is 4.74 Å². The van der Waals surface area contributed by atoms with Gasteiger partial charge in [0.15, 0.2) is 0 Å². The van der Waals surface area contributed by atoms with E-state index in [1.54, 1.807) is 6.07 Å². The Morgan fingerprint density at radius 1 is 1.25 bits per heavy atom. The highest BCUT2D eigenvalue weighted by molar-refractivity contribution is 9.10. The third-order valence-electron chi connectivity index (χ3n) is 2.73. The van der Waals surface area contributed by atoms with Gasteiger partial charge in [-0.2, -0.15) is 5.26 Å². The minimum absolute atomic E-state index is 0.630. The van der Waals surface area contributed by atoms with Gasteiger partial charge in [-0.1, -0.05) is 28.1 Å². The van der Waals surface area contributed by atoms with Gasteiger partial charge >= 0.3 is 0 Å². The molecule has 20 heavy (non-hydrogen) atoms. The molecule has 0 aromatic heterocycles. The number of ether oxygens (including phenoxy) is 1. The summed E-state index contributed by atoms with van der Waals surface area (Å²) in [6, 6.07) is 15.7. The van der Waals surface area contributed by atoms with Gasteiger partial charge in [0.2, 0.25) is 0 Å². The first-order chi connectivity index (χ1) is 9.71. The number of halogens is 1. The van der Waals surface area contributed by atoms with Crippen molar-refractivity contribution in [2.45, 2.75) is 13.5 Å². The minimum Gasteiger partial charge on any atom is -0.494 e. The van der Waals surface area contributed by atoms with Gasteiger partial charge in [-0.3, -0.25) is 0 Å². The molecule has 2 rings (SSSR count). The molecule has 2 aromatic carbocycles. The van der Waals surface area contributed by atoms with Gasteiger partial charge in [-0.25, -0.2) is 0 Å². The maximum atomic E-state index is 8.95. The average Bonchev–Trinajstić information content (AvgIpc) is 2.45. The molecule has 0 bridgehead atoms. The third-order valence-corrected chi connectivity index (χ3v) is 3.19. The topological polar surface area (TPSA) is 45.0 Å². The number of nitrogens with zero attached hydrogens (tertiary/aromatic N) is 1. The summed E-state index contributed by atoms with van der Waals surface area (Å²) in [6.45, 7) is 3.31. The van der Waals surface area contributed by atoms with E-state index in [1.165, 1.54) is 0 Å². The average molecular weight is 331 g/mol. The summed E-state index contributed by atoms with van der Waals surface area (Å²) in [4.78, 5) is 0. The smallest absolute Gasteiger partial charge is 0.119 e. The van der Waals surface area contributed by atoms with Gasteiger partial charge < -0.3 is 10.1 Å². The summed E-state index contributed by atoms with van der Waals surface area (Å²) >= 11 is 3.40. The third kappa shape index (κ3) is 4.01. The lowest BCUT2D eigenvalue weighted by molar-refractivity contribution is 0.340. The number of hydrogen-bond donors (Lipinski definition) is 1. The molecule has 0 radical (unpaired) electrons. The maximum absolute atomic E-state index is 8.95. The lowest BCUT2D eigenvalue weighted by Gasteiger charge is -2.09. The Labute approximate surface area is 127 Å². The highest BCUT2D eigenvalue weighted by Gasteiger charge is 2.00. The predicted octanol–water partition coefficient (Wildman–Crippen LogP) is 4.33. The Hall–Kier alpha value is -1.99. The van der Waals surface area contributed by atoms with Gasteiger partial charge in [-0.15, -0.1) is 0 Å². The number of hydrogen-bond acceptors (Lipinski definition) is 3. The molecule has 0 saturated carbocycles. The Balaban J connectivity index is 2.07. The summed E-state index contributed by atoms with van der Waals surface area (Å²) in [5.41, 5.74) is 2.68. The van der Waals surface area contributed by atoms with Crippen LogP contribution in [0.5, 0.6) is 5.75 Å². The van der Waals surface area contributed by atoms with Crippen LogP contribution >= 0.6 is 15.9 Å². The van der Waals surface area contributed by atoms with E-state index in [1.807, 2.05) is 43.3 Å². The molecule has 0 saturated heterocycles. The lowest BCUT2D eigenvalue weighted by atomic mass is 10.2. The van der Waals surface area contributed by atoms with Crippen LogP contribution in [0.1, 0.15) is 18.1 Å². The van der Waals surface area contributed by atoms with E-state index in [0.29, 0.717) is 18.7 Å². The van der Waals surface area contributed by atoms with E-state index in [4.69, 9.17) is 10.00 Å². The lowest BCUT2D eigenvalue weighted by Crippen LogP contribution is -2.00. The molecule has 1 N–H and O–H groups in total. The monoisotopic (exact) mass is 330 g/mol. The van der Waals surface area contributed by atoms with Crippen LogP contribution in [-0.4, -0.2) is 6.61 Å².